The number of hydrogen-bond acceptors (Lipinski definition) is 3. The van der Waals surface area contributed by atoms with Crippen LogP contribution in [0.2, 0.25) is 0 Å². The molecular weight excluding hydrogens is 260 g/mol. The van der Waals surface area contributed by atoms with Gasteiger partial charge in [-0.2, -0.15) is 0 Å². The minimum Gasteiger partial charge on any atom is -0.465 e. The molecule has 2 N–H and O–H groups in total. The largest absolute Gasteiger partial charge is 0.465 e. The van der Waals surface area contributed by atoms with Crippen LogP contribution in [-0.4, -0.2) is 24.0 Å². The van der Waals surface area contributed by atoms with Crippen LogP contribution < -0.4 is 5.73 Å². The lowest BCUT2D eigenvalue weighted by molar-refractivity contribution is -0.127. The molecule has 4 aliphatic rings. The molecule has 0 saturated heterocycles. The van der Waals surface area contributed by atoms with E-state index in [1.165, 1.54) is 32.1 Å². The Hall–Kier alpha value is -0.800. The summed E-state index contributed by atoms with van der Waals surface area (Å²) in [5, 5.41) is 0. The highest BCUT2D eigenvalue weighted by Crippen LogP contribution is 2.59. The summed E-state index contributed by atoms with van der Waals surface area (Å²) < 4.78 is 5.80. The van der Waals surface area contributed by atoms with Crippen molar-refractivity contribution in [3.05, 3.63) is 23.7 Å². The second kappa shape index (κ2) is 4.85. The van der Waals surface area contributed by atoms with Gasteiger partial charge in [-0.25, -0.2) is 0 Å². The van der Waals surface area contributed by atoms with Crippen LogP contribution in [0.5, 0.6) is 0 Å². The van der Waals surface area contributed by atoms with E-state index in [0.717, 1.165) is 48.3 Å². The van der Waals surface area contributed by atoms with Crippen LogP contribution in [0.15, 0.2) is 16.5 Å². The van der Waals surface area contributed by atoms with Crippen LogP contribution in [0.25, 0.3) is 0 Å². The van der Waals surface area contributed by atoms with Crippen molar-refractivity contribution in [2.75, 3.05) is 13.6 Å². The van der Waals surface area contributed by atoms with E-state index >= 15 is 0 Å². The zero-order valence-electron chi connectivity index (χ0n) is 13.3. The maximum atomic E-state index is 6.38. The van der Waals surface area contributed by atoms with E-state index < -0.39 is 0 Å². The molecule has 1 heterocycles. The predicted octanol–water partition coefficient (Wildman–Crippen LogP) is 3.17. The molecule has 0 amide bonds. The molecule has 5 rings (SSSR count). The number of nitrogens with two attached hydrogens (primary N) is 1. The van der Waals surface area contributed by atoms with Gasteiger partial charge in [-0.05, 0) is 81.9 Å². The summed E-state index contributed by atoms with van der Waals surface area (Å²) in [6.07, 6.45) is 7.13. The molecule has 4 fully saturated rings. The Kier molecular flexibility index (Phi) is 3.20. The zero-order chi connectivity index (χ0) is 14.6. The van der Waals surface area contributed by atoms with Crippen molar-refractivity contribution in [2.24, 2.45) is 29.4 Å². The number of furan rings is 1. The standard InChI is InChI=1S/C18H28N2O/c1-12-3-4-17(21-12)10-20(2)18(11-19)15-6-13-5-14(8-15)9-16(18)7-13/h3-4,13-16H,5-11,19H2,1-2H3. The van der Waals surface area contributed by atoms with Crippen LogP contribution in [0.3, 0.4) is 0 Å². The van der Waals surface area contributed by atoms with Crippen molar-refractivity contribution in [3.8, 4) is 0 Å². The molecule has 0 radical (unpaired) electrons. The predicted molar refractivity (Wildman–Crippen MR) is 83.7 cm³/mol. The van der Waals surface area contributed by atoms with Crippen molar-refractivity contribution >= 4 is 0 Å². The lowest BCUT2D eigenvalue weighted by Crippen LogP contribution is -2.68. The summed E-state index contributed by atoms with van der Waals surface area (Å²) in [5.41, 5.74) is 6.59. The molecular formula is C18H28N2O. The summed E-state index contributed by atoms with van der Waals surface area (Å²) in [6, 6.07) is 4.18. The monoisotopic (exact) mass is 288 g/mol. The van der Waals surface area contributed by atoms with Crippen LogP contribution in [0.1, 0.15) is 43.6 Å². The lowest BCUT2D eigenvalue weighted by atomic mass is 9.48. The molecule has 21 heavy (non-hydrogen) atoms. The number of likely N-dealkylation sites (N-methyl/N-ethyl adjacent to an activating group) is 1. The Bertz CT molecular complexity index is 493. The Morgan fingerprint density at radius 1 is 1.14 bits per heavy atom. The third-order valence-corrected chi connectivity index (χ3v) is 6.78. The fraction of sp³-hybridized carbons (Fsp3) is 0.778. The van der Waals surface area contributed by atoms with Gasteiger partial charge in [0.1, 0.15) is 11.5 Å². The van der Waals surface area contributed by atoms with Crippen molar-refractivity contribution < 1.29 is 4.42 Å². The van der Waals surface area contributed by atoms with Gasteiger partial charge < -0.3 is 10.2 Å². The van der Waals surface area contributed by atoms with E-state index in [9.17, 15) is 0 Å². The average Bonchev–Trinajstić information content (AvgIpc) is 2.84. The second-order valence-corrected chi connectivity index (χ2v) is 7.87. The molecule has 0 atom stereocenters. The number of nitrogens with zero attached hydrogens (tertiary/aromatic N) is 1. The summed E-state index contributed by atoms with van der Waals surface area (Å²) in [5.74, 6) is 5.68. The topological polar surface area (TPSA) is 42.4 Å². The van der Waals surface area contributed by atoms with Gasteiger partial charge >= 0.3 is 0 Å². The Labute approximate surface area is 127 Å². The quantitative estimate of drug-likeness (QED) is 0.925. The van der Waals surface area contributed by atoms with Crippen molar-refractivity contribution in [1.82, 2.24) is 4.90 Å². The highest BCUT2D eigenvalue weighted by molar-refractivity contribution is 5.14. The zero-order valence-corrected chi connectivity index (χ0v) is 13.3. The van der Waals surface area contributed by atoms with E-state index in [2.05, 4.69) is 24.1 Å². The fourth-order valence-corrected chi connectivity index (χ4v) is 6.06. The van der Waals surface area contributed by atoms with Crippen LogP contribution in [-0.2, 0) is 6.54 Å². The molecule has 0 unspecified atom stereocenters. The SMILES string of the molecule is Cc1ccc(CN(C)C2(CN)C3CC4CC(C3)CC2C4)o1. The molecule has 3 heteroatoms. The van der Waals surface area contributed by atoms with Gasteiger partial charge in [0, 0.05) is 12.1 Å². The number of aryl methyl sites for hydroxylation is 1. The van der Waals surface area contributed by atoms with Crippen LogP contribution in [0.4, 0.5) is 0 Å². The van der Waals surface area contributed by atoms with Gasteiger partial charge in [-0.15, -0.1) is 0 Å². The third-order valence-electron chi connectivity index (χ3n) is 6.78. The van der Waals surface area contributed by atoms with Gasteiger partial charge in [-0.3, -0.25) is 4.90 Å². The smallest absolute Gasteiger partial charge is 0.118 e. The molecule has 4 aliphatic carbocycles. The Balaban J connectivity index is 1.60. The van der Waals surface area contributed by atoms with E-state index in [4.69, 9.17) is 10.2 Å². The fourth-order valence-electron chi connectivity index (χ4n) is 6.06. The highest BCUT2D eigenvalue weighted by Gasteiger charge is 2.58. The maximum absolute atomic E-state index is 6.38. The summed E-state index contributed by atoms with van der Waals surface area (Å²) >= 11 is 0. The molecule has 0 spiro atoms. The maximum Gasteiger partial charge on any atom is 0.118 e. The first-order valence-electron chi connectivity index (χ1n) is 8.58. The molecule has 1 aromatic heterocycles. The lowest BCUT2D eigenvalue weighted by Gasteiger charge is -2.64. The molecule has 4 bridgehead atoms. The molecule has 0 aliphatic heterocycles. The molecule has 1 aromatic rings. The Morgan fingerprint density at radius 2 is 1.76 bits per heavy atom. The third kappa shape index (κ3) is 2.01. The van der Waals surface area contributed by atoms with Crippen molar-refractivity contribution in [1.29, 1.82) is 0 Å². The van der Waals surface area contributed by atoms with Crippen LogP contribution in [0, 0.1) is 30.6 Å². The van der Waals surface area contributed by atoms with Gasteiger partial charge in [0.2, 0.25) is 0 Å². The summed E-state index contributed by atoms with van der Waals surface area (Å²) in [4.78, 5) is 2.54. The normalized spacial score (nSPS) is 41.1. The number of hydrogen-bond donors (Lipinski definition) is 1. The molecule has 3 nitrogen and oxygen atoms in total. The van der Waals surface area contributed by atoms with Gasteiger partial charge in [0.25, 0.3) is 0 Å². The van der Waals surface area contributed by atoms with Crippen molar-refractivity contribution in [2.45, 2.75) is 51.1 Å². The Morgan fingerprint density at radius 3 is 2.24 bits per heavy atom. The highest BCUT2D eigenvalue weighted by atomic mass is 16.3. The van der Waals surface area contributed by atoms with E-state index in [0.29, 0.717) is 0 Å². The van der Waals surface area contributed by atoms with Gasteiger partial charge in [0.15, 0.2) is 0 Å². The summed E-state index contributed by atoms with van der Waals surface area (Å²) in [6.45, 7) is 3.72. The van der Waals surface area contributed by atoms with E-state index in [1.54, 1.807) is 0 Å². The van der Waals surface area contributed by atoms with Gasteiger partial charge in [-0.1, -0.05) is 0 Å². The molecule has 4 saturated carbocycles. The molecule has 0 aromatic carbocycles. The van der Waals surface area contributed by atoms with E-state index in [-0.39, 0.29) is 5.54 Å². The van der Waals surface area contributed by atoms with Gasteiger partial charge in [0.05, 0.1) is 6.54 Å². The second-order valence-electron chi connectivity index (χ2n) is 7.87. The van der Waals surface area contributed by atoms with Crippen molar-refractivity contribution in [3.63, 3.8) is 0 Å². The number of rotatable bonds is 4. The first-order chi connectivity index (χ1) is 10.1. The first kappa shape index (κ1) is 13.8. The average molecular weight is 288 g/mol. The first-order valence-corrected chi connectivity index (χ1v) is 8.58. The van der Waals surface area contributed by atoms with Crippen LogP contribution >= 0.6 is 0 Å². The minimum atomic E-state index is 0.216. The minimum absolute atomic E-state index is 0.216. The summed E-state index contributed by atoms with van der Waals surface area (Å²) in [7, 11) is 2.27. The molecule has 116 valence electrons. The van der Waals surface area contributed by atoms with E-state index in [1.807, 2.05) is 6.92 Å².